The summed E-state index contributed by atoms with van der Waals surface area (Å²) in [5.74, 6) is 1.42. The lowest BCUT2D eigenvalue weighted by molar-refractivity contribution is 1.10. The predicted molar refractivity (Wildman–Crippen MR) is 43.9 cm³/mol. The van der Waals surface area contributed by atoms with Gasteiger partial charge in [0.05, 0.1) is 0 Å². The maximum Gasteiger partial charge on any atom is 0.560 e. The van der Waals surface area contributed by atoms with Crippen LogP contribution in [-0.2, 0) is 0 Å². The molecule has 0 saturated carbocycles. The van der Waals surface area contributed by atoms with Gasteiger partial charge in [-0.15, -0.1) is 0 Å². The fourth-order valence-electron chi connectivity index (χ4n) is 0. The zero-order chi connectivity index (χ0) is 6.28. The molecule has 0 aromatic heterocycles. The third-order valence-electron chi connectivity index (χ3n) is 0. The monoisotopic (exact) mass is 239 g/mol. The first kappa shape index (κ1) is 11.5. The highest BCUT2D eigenvalue weighted by Crippen LogP contribution is 1.85. The van der Waals surface area contributed by atoms with E-state index in [0.717, 1.165) is 0 Å². The predicted octanol–water partition coefficient (Wildman–Crippen LogP) is 2.93. The maximum atomic E-state index is 3.20. The fourth-order valence-corrected chi connectivity index (χ4v) is 0. The lowest BCUT2D eigenvalue weighted by atomic mass is 10.3. The fraction of sp³-hybridized carbons (Fsp3) is 0.750. The molecule has 0 aliphatic heterocycles. The van der Waals surface area contributed by atoms with Crippen molar-refractivity contribution in [2.24, 2.45) is 0 Å². The Balaban J connectivity index is 0. The van der Waals surface area contributed by atoms with Gasteiger partial charge in [-0.1, -0.05) is 20.8 Å². The van der Waals surface area contributed by atoms with Gasteiger partial charge in [0.15, 0.2) is 0 Å². The van der Waals surface area contributed by atoms with E-state index in [9.17, 15) is 0 Å². The summed E-state index contributed by atoms with van der Waals surface area (Å²) in [4.78, 5) is 0. The Kier molecular flexibility index (Phi) is 17.5. The van der Waals surface area contributed by atoms with Crippen molar-refractivity contribution in [2.75, 3.05) is 0 Å². The number of hydrogen-bond donors (Lipinski definition) is 0. The average molecular weight is 241 g/mol. The van der Waals surface area contributed by atoms with Crippen LogP contribution in [0.2, 0.25) is 0 Å². The largest absolute Gasteiger partial charge is 0.560 e. The van der Waals surface area contributed by atoms with Gasteiger partial charge >= 0.3 is 16.0 Å². The highest BCUT2D eigenvalue weighted by molar-refractivity contribution is 9.47. The Morgan fingerprint density at radius 1 is 1.14 bits per heavy atom. The van der Waals surface area contributed by atoms with Gasteiger partial charge in [0, 0.05) is 0 Å². The van der Waals surface area contributed by atoms with E-state index in [-0.39, 0.29) is 16.0 Å². The third-order valence-corrected chi connectivity index (χ3v) is 0. The minimum absolute atomic E-state index is 0.0417. The Hall–Kier alpha value is 1.73. The zero-order valence-corrected chi connectivity index (χ0v) is 9.55. The molecule has 0 N–H and O–H groups in total. The molecule has 0 heterocycles. The molecule has 3 heteroatoms. The summed E-state index contributed by atoms with van der Waals surface area (Å²) in [6.45, 7) is 6.25. The Bertz CT molecular complexity index is 20.9. The molecule has 0 aliphatic carbocycles. The van der Waals surface area contributed by atoms with Gasteiger partial charge < -0.3 is 0 Å². The van der Waals surface area contributed by atoms with E-state index >= 15 is 0 Å². The molecule has 0 aromatic rings. The molecule has 0 fully saturated rings. The molecule has 0 spiro atoms. The summed E-state index contributed by atoms with van der Waals surface area (Å²) >= 11 is 6.44. The van der Waals surface area contributed by atoms with Gasteiger partial charge in [-0.2, -0.15) is 0 Å². The SMILES string of the molecule is C[C](C)C.[Br][Mg][Br]. The Labute approximate surface area is 67.9 Å². The topological polar surface area (TPSA) is 0 Å². The molecule has 41 valence electrons. The molecule has 0 aliphatic rings. The molecule has 1 radical (unpaired) electrons. The second-order valence-electron chi connectivity index (χ2n) is 1.60. The summed E-state index contributed by atoms with van der Waals surface area (Å²) in [5, 5.41) is 0. The van der Waals surface area contributed by atoms with Crippen molar-refractivity contribution in [1.82, 2.24) is 0 Å². The molecule has 0 nitrogen and oxygen atoms in total. The minimum atomic E-state index is 0.0417. The summed E-state index contributed by atoms with van der Waals surface area (Å²) < 4.78 is 0. The van der Waals surface area contributed by atoms with Crippen LogP contribution in [-0.4, -0.2) is 16.0 Å². The van der Waals surface area contributed by atoms with E-state index in [4.69, 9.17) is 0 Å². The van der Waals surface area contributed by atoms with E-state index in [1.54, 1.807) is 0 Å². The van der Waals surface area contributed by atoms with Crippen LogP contribution in [0.25, 0.3) is 0 Å². The first-order chi connectivity index (χ1) is 3.15. The van der Waals surface area contributed by atoms with Crippen molar-refractivity contribution in [3.8, 4) is 0 Å². The molecule has 0 rings (SSSR count). The van der Waals surface area contributed by atoms with Crippen LogP contribution >= 0.6 is 25.8 Å². The molecule has 0 unspecified atom stereocenters. The van der Waals surface area contributed by atoms with Gasteiger partial charge in [-0.05, 0) is 5.92 Å². The maximum absolute atomic E-state index is 3.20. The number of halogens is 2. The molecular weight excluding hydrogens is 232 g/mol. The van der Waals surface area contributed by atoms with E-state index in [0.29, 0.717) is 0 Å². The van der Waals surface area contributed by atoms with Crippen LogP contribution in [0, 0.1) is 5.92 Å². The van der Waals surface area contributed by atoms with Crippen molar-refractivity contribution in [1.29, 1.82) is 0 Å². The van der Waals surface area contributed by atoms with Crippen molar-refractivity contribution >= 4 is 41.8 Å². The minimum Gasteiger partial charge on any atom is -0.280 e. The molecule has 7 heavy (non-hydrogen) atoms. The van der Waals surface area contributed by atoms with Gasteiger partial charge in [-0.25, -0.2) is 0 Å². The van der Waals surface area contributed by atoms with Crippen molar-refractivity contribution in [3.63, 3.8) is 0 Å². The Morgan fingerprint density at radius 2 is 1.14 bits per heavy atom. The number of hydrogen-bond acceptors (Lipinski definition) is 0. The van der Waals surface area contributed by atoms with Crippen molar-refractivity contribution in [2.45, 2.75) is 20.8 Å². The van der Waals surface area contributed by atoms with Gasteiger partial charge in [0.2, 0.25) is 0 Å². The van der Waals surface area contributed by atoms with E-state index in [1.165, 1.54) is 5.92 Å². The normalized spacial score (nSPS) is 6.57. The highest BCUT2D eigenvalue weighted by Gasteiger charge is 1.69. The first-order valence-electron chi connectivity index (χ1n) is 2.03. The summed E-state index contributed by atoms with van der Waals surface area (Å²) in [6.07, 6.45) is 0. The van der Waals surface area contributed by atoms with Crippen LogP contribution in [0.4, 0.5) is 0 Å². The summed E-state index contributed by atoms with van der Waals surface area (Å²) in [6, 6.07) is 0. The van der Waals surface area contributed by atoms with Gasteiger partial charge in [-0.3, -0.25) is 25.8 Å². The highest BCUT2D eigenvalue weighted by atomic mass is 79.9. The molecule has 0 atom stereocenters. The summed E-state index contributed by atoms with van der Waals surface area (Å²) in [5.41, 5.74) is 0. The van der Waals surface area contributed by atoms with E-state index < -0.39 is 0 Å². The van der Waals surface area contributed by atoms with Crippen LogP contribution in [0.15, 0.2) is 0 Å². The van der Waals surface area contributed by atoms with Crippen LogP contribution in [0.5, 0.6) is 0 Å². The second-order valence-corrected chi connectivity index (χ2v) is 9.68. The molecule has 0 amide bonds. The van der Waals surface area contributed by atoms with Crippen molar-refractivity contribution < 1.29 is 0 Å². The number of rotatable bonds is 0. The van der Waals surface area contributed by atoms with Crippen LogP contribution in [0.3, 0.4) is 0 Å². The molecule has 0 aromatic carbocycles. The van der Waals surface area contributed by atoms with Crippen molar-refractivity contribution in [3.05, 3.63) is 5.92 Å². The Morgan fingerprint density at radius 3 is 1.14 bits per heavy atom. The lowest BCUT2D eigenvalue weighted by Crippen LogP contribution is -1.62. The van der Waals surface area contributed by atoms with E-state index in [1.807, 2.05) is 0 Å². The van der Waals surface area contributed by atoms with E-state index in [2.05, 4.69) is 46.5 Å². The van der Waals surface area contributed by atoms with Crippen LogP contribution in [0.1, 0.15) is 20.8 Å². The standard InChI is InChI=1S/C4H9.2BrH.Mg/c1-4(2)3;;;/h1-3H3;2*1H;/q;;;+2/p-2. The molecule has 0 bridgehead atoms. The summed E-state index contributed by atoms with van der Waals surface area (Å²) in [7, 11) is 0. The van der Waals surface area contributed by atoms with Gasteiger partial charge in [0.25, 0.3) is 0 Å². The molecule has 0 saturated heterocycles. The molecular formula is C4H9Br2Mg. The quantitative estimate of drug-likeness (QED) is 0.572. The smallest absolute Gasteiger partial charge is 0.280 e. The zero-order valence-electron chi connectivity index (χ0n) is 4.96. The van der Waals surface area contributed by atoms with Gasteiger partial charge in [0.1, 0.15) is 0 Å². The van der Waals surface area contributed by atoms with Crippen LogP contribution < -0.4 is 0 Å². The first-order valence-corrected chi connectivity index (χ1v) is 9.83. The second kappa shape index (κ2) is 10.7. The average Bonchev–Trinajstić information content (AvgIpc) is 1.33. The lowest BCUT2D eigenvalue weighted by Gasteiger charge is -1.78. The third kappa shape index (κ3) is 85.0.